The molecule has 368 valence electrons. The number of likely N-dealkylation sites (N-methyl/N-ethyl adjacent to an activating group) is 2. The molecule has 4 aromatic rings. The first kappa shape index (κ1) is 49.4. The Balaban J connectivity index is 1.34. The molecule has 69 heavy (non-hydrogen) atoms. The van der Waals surface area contributed by atoms with Crippen molar-refractivity contribution in [3.8, 4) is 34.2 Å². The number of nitrogens with one attached hydrogen (secondary N) is 2. The van der Waals surface area contributed by atoms with Gasteiger partial charge in [-0.1, -0.05) is 39.8 Å². The predicted molar refractivity (Wildman–Crippen MR) is 264 cm³/mol. The number of hydrazine groups is 1. The second kappa shape index (κ2) is 20.5. The van der Waals surface area contributed by atoms with Crippen LogP contribution in [0.2, 0.25) is 0 Å². The number of esters is 1. The monoisotopic (exact) mass is 944 g/mol. The van der Waals surface area contributed by atoms with Crippen molar-refractivity contribution in [1.82, 2.24) is 35.1 Å². The largest absolute Gasteiger partial charge is 0.492 e. The summed E-state index contributed by atoms with van der Waals surface area (Å²) < 4.78 is 21.0. The van der Waals surface area contributed by atoms with E-state index in [0.29, 0.717) is 43.7 Å². The number of hydrogen-bond donors (Lipinski definition) is 2. The Morgan fingerprint density at radius 3 is 2.42 bits per heavy atom. The molecule has 3 amide bonds. The second-order valence-electron chi connectivity index (χ2n) is 20.5. The summed E-state index contributed by atoms with van der Waals surface area (Å²) in [7, 11) is 5.41. The number of anilines is 1. The number of aryl methyl sites for hydroxylation is 1. The highest BCUT2D eigenvalue weighted by molar-refractivity contribution is 5.96. The average Bonchev–Trinajstić information content (AvgIpc) is 3.64. The third-order valence-corrected chi connectivity index (χ3v) is 14.4. The van der Waals surface area contributed by atoms with Crippen molar-refractivity contribution in [2.45, 2.75) is 104 Å². The lowest BCUT2D eigenvalue weighted by atomic mass is 9.84. The van der Waals surface area contributed by atoms with Gasteiger partial charge in [-0.25, -0.2) is 5.43 Å². The molecule has 5 atom stereocenters. The Bertz CT molecular complexity index is 2630. The molecular formula is C53H69N9O7. The van der Waals surface area contributed by atoms with Crippen LogP contribution in [0.5, 0.6) is 5.75 Å². The Labute approximate surface area is 406 Å². The van der Waals surface area contributed by atoms with Crippen LogP contribution in [0, 0.1) is 28.6 Å². The van der Waals surface area contributed by atoms with E-state index < -0.39 is 47.2 Å². The van der Waals surface area contributed by atoms with Gasteiger partial charge in [0.1, 0.15) is 30.5 Å². The quantitative estimate of drug-likeness (QED) is 0.220. The molecule has 4 aliphatic rings. The lowest BCUT2D eigenvalue weighted by Gasteiger charge is -2.37. The van der Waals surface area contributed by atoms with Crippen LogP contribution in [-0.4, -0.2) is 133 Å². The molecule has 2 N–H and O–H groups in total. The summed E-state index contributed by atoms with van der Waals surface area (Å²) >= 11 is 0. The van der Waals surface area contributed by atoms with Gasteiger partial charge in [0.25, 0.3) is 5.91 Å². The van der Waals surface area contributed by atoms with E-state index in [2.05, 4.69) is 83.3 Å². The molecule has 2 fully saturated rings. The van der Waals surface area contributed by atoms with E-state index in [1.165, 1.54) is 9.91 Å². The van der Waals surface area contributed by atoms with Crippen molar-refractivity contribution < 1.29 is 33.4 Å². The van der Waals surface area contributed by atoms with Crippen molar-refractivity contribution in [1.29, 1.82) is 5.26 Å². The van der Waals surface area contributed by atoms with Gasteiger partial charge in [0, 0.05) is 88.1 Å². The molecular weight excluding hydrogens is 875 g/mol. The smallest absolute Gasteiger partial charge is 0.324 e. The fourth-order valence-electron chi connectivity index (χ4n) is 10.4. The third kappa shape index (κ3) is 10.5. The normalized spacial score (nSPS) is 23.6. The van der Waals surface area contributed by atoms with E-state index in [1.807, 2.05) is 45.2 Å². The van der Waals surface area contributed by atoms with Gasteiger partial charge >= 0.3 is 5.97 Å². The molecule has 0 saturated carbocycles. The molecule has 0 unspecified atom stereocenters. The van der Waals surface area contributed by atoms with E-state index in [9.17, 15) is 24.4 Å². The number of nitrogens with zero attached hydrogens (tertiary/aromatic N) is 7. The highest BCUT2D eigenvalue weighted by Crippen LogP contribution is 2.43. The highest BCUT2D eigenvalue weighted by Gasteiger charge is 2.38. The van der Waals surface area contributed by atoms with Gasteiger partial charge < -0.3 is 38.8 Å². The van der Waals surface area contributed by atoms with Crippen molar-refractivity contribution in [3.05, 3.63) is 65.5 Å². The Morgan fingerprint density at radius 2 is 1.71 bits per heavy atom. The van der Waals surface area contributed by atoms with Crippen LogP contribution in [0.4, 0.5) is 5.69 Å². The van der Waals surface area contributed by atoms with Crippen LogP contribution < -0.4 is 20.4 Å². The number of pyridine rings is 1. The first-order valence-electron chi connectivity index (χ1n) is 24.6. The minimum Gasteiger partial charge on any atom is -0.492 e. The molecule has 2 aromatic carbocycles. The number of aromatic nitrogens is 2. The number of carbonyl (C=O) groups is 4. The Morgan fingerprint density at radius 1 is 0.942 bits per heavy atom. The summed E-state index contributed by atoms with van der Waals surface area (Å²) in [6.45, 7) is 16.8. The van der Waals surface area contributed by atoms with Gasteiger partial charge in [0.15, 0.2) is 0 Å². The zero-order valence-electron chi connectivity index (χ0n) is 41.8. The molecule has 8 rings (SSSR count). The van der Waals surface area contributed by atoms with Crippen molar-refractivity contribution in [2.24, 2.45) is 17.3 Å². The van der Waals surface area contributed by atoms with E-state index in [1.54, 1.807) is 14.2 Å². The van der Waals surface area contributed by atoms with E-state index >= 15 is 0 Å². The van der Waals surface area contributed by atoms with Crippen LogP contribution >= 0.6 is 0 Å². The molecule has 16 heteroatoms. The second-order valence-corrected chi connectivity index (χ2v) is 20.5. The number of carbonyl (C=O) groups excluding carboxylic acids is 4. The Kier molecular flexibility index (Phi) is 14.7. The van der Waals surface area contributed by atoms with Gasteiger partial charge in [-0.3, -0.25) is 29.2 Å². The molecule has 6 heterocycles. The minimum atomic E-state index is -1.09. The number of hydrogen-bond acceptors (Lipinski definition) is 12. The zero-order chi connectivity index (χ0) is 49.3. The van der Waals surface area contributed by atoms with Gasteiger partial charge in [-0.05, 0) is 98.7 Å². The number of amides is 3. The summed E-state index contributed by atoms with van der Waals surface area (Å²) in [6.07, 6.45) is 3.11. The van der Waals surface area contributed by atoms with Crippen LogP contribution in [0.1, 0.15) is 83.7 Å². The minimum absolute atomic E-state index is 0.0561. The maximum Gasteiger partial charge on any atom is 0.324 e. The predicted octanol–water partition coefficient (Wildman–Crippen LogP) is 5.90. The molecule has 2 aromatic heterocycles. The average molecular weight is 944 g/mol. The first-order chi connectivity index (χ1) is 33.0. The van der Waals surface area contributed by atoms with E-state index in [4.69, 9.17) is 19.2 Å². The Hall–Kier alpha value is -6.02. The molecule has 8 bridgehead atoms. The van der Waals surface area contributed by atoms with Gasteiger partial charge in [-0.15, -0.1) is 0 Å². The number of fused-ring (bicyclic) bond motifs is 7. The lowest BCUT2D eigenvalue weighted by Crippen LogP contribution is -2.62. The van der Waals surface area contributed by atoms with E-state index in [-0.39, 0.29) is 44.0 Å². The number of methoxy groups -OCH3 is 1. The van der Waals surface area contributed by atoms with Gasteiger partial charge in [0.05, 0.1) is 48.0 Å². The molecule has 0 radical (unpaired) electrons. The molecule has 0 aliphatic carbocycles. The number of cyclic esters (lactones) is 1. The molecule has 16 nitrogen and oxygen atoms in total. The zero-order valence-corrected chi connectivity index (χ0v) is 41.8. The maximum atomic E-state index is 14.8. The molecule has 0 spiro atoms. The van der Waals surface area contributed by atoms with Gasteiger partial charge in [-0.2, -0.15) is 5.26 Å². The van der Waals surface area contributed by atoms with Crippen LogP contribution in [0.25, 0.3) is 33.3 Å². The third-order valence-electron chi connectivity index (χ3n) is 14.4. The topological polar surface area (TPSA) is 175 Å². The number of benzene rings is 2. The van der Waals surface area contributed by atoms with Gasteiger partial charge in [0.2, 0.25) is 11.8 Å². The standard InChI is InChI=1S/C53H69N9O7/c1-10-61-45-14-13-36-25-40(45)42(49(61)41-26-38(29-55-47(41)33(4)67-9)60-18-16-58(7)17-19-60)27-53(5,6)31-69-52(66)43-12-11-15-62(57-43)51(65)44-22-34-20-37(36)24-39(21-34)68-30-35(28-54)23-46(63)59(8)48(32(2)3)50(64)56-44/h13-14,20-21,24-26,29,32-33,35,43-44,48,57H,10-12,15-19,22-23,27,30-31H2,1-9H3,(H,56,64)/t33-,35+,43-,44-,48-/m0/s1. The fraction of sp³-hybridized carbons (Fsp3) is 0.547. The first-order valence-corrected chi connectivity index (χ1v) is 24.6. The van der Waals surface area contributed by atoms with Crippen molar-refractivity contribution in [2.75, 3.05) is 72.0 Å². The summed E-state index contributed by atoms with van der Waals surface area (Å²) in [5, 5.41) is 15.7. The molecule has 4 aliphatic heterocycles. The van der Waals surface area contributed by atoms with E-state index in [0.717, 1.165) is 76.4 Å². The summed E-state index contributed by atoms with van der Waals surface area (Å²) in [5.74, 6) is -2.39. The van der Waals surface area contributed by atoms with Crippen molar-refractivity contribution in [3.63, 3.8) is 0 Å². The number of rotatable bonds is 6. The number of piperazine rings is 1. The number of ether oxygens (including phenoxy) is 3. The summed E-state index contributed by atoms with van der Waals surface area (Å²) in [5.41, 5.74) is 11.0. The lowest BCUT2D eigenvalue weighted by molar-refractivity contribution is -0.155. The summed E-state index contributed by atoms with van der Waals surface area (Å²) in [4.78, 5) is 68.2. The fourth-order valence-corrected chi connectivity index (χ4v) is 10.4. The number of nitriles is 1. The van der Waals surface area contributed by atoms with Crippen LogP contribution in [-0.2, 0) is 48.0 Å². The van der Waals surface area contributed by atoms with Crippen LogP contribution in [0.15, 0.2) is 48.7 Å². The SMILES string of the molecule is CCn1c(-c2cc(N3CCN(C)CC3)cnc2[C@H](C)OC)c2c3cc(ccc31)-c1cc3cc(c1)OC[C@@H](C#N)CC(=O)N(C)[C@@H](C(C)C)C(=O)N[C@@H](C3)C(=O)N1CCC[C@H](N1)C(=O)OCC(C)(C)C2. The molecule has 2 saturated heterocycles. The summed E-state index contributed by atoms with van der Waals surface area (Å²) in [6, 6.07) is 13.9. The highest BCUT2D eigenvalue weighted by atomic mass is 16.5. The van der Waals surface area contributed by atoms with Crippen molar-refractivity contribution >= 4 is 40.3 Å². The van der Waals surface area contributed by atoms with Crippen LogP contribution in [0.3, 0.4) is 0 Å². The maximum absolute atomic E-state index is 14.8.